The molecule has 4 atom stereocenters. The number of aromatic nitrogens is 1. The van der Waals surface area contributed by atoms with Crippen LogP contribution >= 0.6 is 11.3 Å². The number of carbonyl (C=O) groups is 3. The second-order valence-electron chi connectivity index (χ2n) is 15.7. The Hall–Kier alpha value is -3.01. The van der Waals surface area contributed by atoms with Gasteiger partial charge in [-0.15, -0.1) is 11.3 Å². The van der Waals surface area contributed by atoms with E-state index in [1.807, 2.05) is 0 Å². The number of thiophene rings is 1. The van der Waals surface area contributed by atoms with Crippen molar-refractivity contribution in [1.29, 1.82) is 0 Å². The number of ketones is 1. The molecule has 0 spiro atoms. The molecule has 4 heterocycles. The van der Waals surface area contributed by atoms with Gasteiger partial charge in [0.1, 0.15) is 16.7 Å². The van der Waals surface area contributed by atoms with Crippen molar-refractivity contribution in [3.8, 4) is 11.3 Å². The Balaban J connectivity index is 1.19. The van der Waals surface area contributed by atoms with E-state index in [2.05, 4.69) is 91.6 Å². The molecular weight excluding hydrogens is 619 g/mol. The van der Waals surface area contributed by atoms with Crippen LogP contribution in [0.15, 0.2) is 24.3 Å². The second-order valence-corrected chi connectivity index (χ2v) is 16.8. The zero-order chi connectivity index (χ0) is 34.3. The Morgan fingerprint density at radius 2 is 1.73 bits per heavy atom. The van der Waals surface area contributed by atoms with Crippen molar-refractivity contribution >= 4 is 39.2 Å². The molecule has 48 heavy (non-hydrogen) atoms. The number of H-pyrrole nitrogens is 1. The van der Waals surface area contributed by atoms with Crippen LogP contribution in [-0.4, -0.2) is 72.8 Å². The third-order valence-corrected chi connectivity index (χ3v) is 12.7. The number of amides is 2. The number of hydrogen-bond donors (Lipinski definition) is 4. The van der Waals surface area contributed by atoms with Crippen LogP contribution in [0.3, 0.4) is 0 Å². The third-order valence-electron chi connectivity index (χ3n) is 11.3. The normalized spacial score (nSPS) is 22.5. The van der Waals surface area contributed by atoms with Crippen molar-refractivity contribution < 1.29 is 14.4 Å². The summed E-state index contributed by atoms with van der Waals surface area (Å²) in [6.45, 7) is 16.3. The number of likely N-dealkylation sites (N-methyl/N-ethyl adjacent to an activating group) is 1. The van der Waals surface area contributed by atoms with E-state index in [9.17, 15) is 14.4 Å². The average Bonchev–Trinajstić information content (AvgIpc) is 3.83. The lowest BCUT2D eigenvalue weighted by molar-refractivity contribution is -0.132. The highest BCUT2D eigenvalue weighted by Gasteiger charge is 2.50. The Morgan fingerprint density at radius 3 is 2.31 bits per heavy atom. The van der Waals surface area contributed by atoms with Crippen LogP contribution in [0, 0.1) is 37.5 Å². The molecule has 4 unspecified atom stereocenters. The molecule has 9 heteroatoms. The Bertz CT molecular complexity index is 1620. The number of piperidine rings is 2. The van der Waals surface area contributed by atoms with Gasteiger partial charge in [-0.1, -0.05) is 31.0 Å². The SMILES string of the molecule is CNC(=O)C(CC(C)C)NC(=O)C1CCN(CCc2c(-c3cc(C)cc(C)c3)[nH]c3sc(C(C)(C)C(=O)C4C5CCC4NC5)cc23)CC1. The smallest absolute Gasteiger partial charge is 0.242 e. The van der Waals surface area contributed by atoms with E-state index in [4.69, 9.17) is 0 Å². The topological polar surface area (TPSA) is 106 Å². The standard InChI is InChI=1S/C39H55N5O3S/c1-22(2)16-31(37(47)40-7)42-36(46)25-10-13-44(14-11-25)15-12-28-29-20-32(39(5,6)35(45)33-26-8-9-30(33)41-21-26)48-38(29)43-34(28)27-18-23(3)17-24(4)19-27/h17-20,22,25-26,30-31,33,41,43H,8-16,21H2,1-7H3,(H,40,47)(H,42,46). The van der Waals surface area contributed by atoms with Crippen LogP contribution in [0.4, 0.5) is 0 Å². The Morgan fingerprint density at radius 1 is 1.02 bits per heavy atom. The zero-order valence-electron chi connectivity index (χ0n) is 29.9. The number of aromatic amines is 1. The predicted molar refractivity (Wildman–Crippen MR) is 195 cm³/mol. The van der Waals surface area contributed by atoms with E-state index in [-0.39, 0.29) is 23.7 Å². The molecular formula is C39H55N5O3S. The molecule has 2 saturated heterocycles. The number of hydrogen-bond acceptors (Lipinski definition) is 6. The summed E-state index contributed by atoms with van der Waals surface area (Å²) in [4.78, 5) is 48.2. The minimum atomic E-state index is -0.534. The molecule has 8 nitrogen and oxygen atoms in total. The molecule has 1 saturated carbocycles. The van der Waals surface area contributed by atoms with Gasteiger partial charge in [0, 0.05) is 41.7 Å². The van der Waals surface area contributed by atoms with Crippen LogP contribution in [0.2, 0.25) is 0 Å². The van der Waals surface area contributed by atoms with Gasteiger partial charge in [0.25, 0.3) is 0 Å². The minimum Gasteiger partial charge on any atom is -0.357 e. The first-order chi connectivity index (χ1) is 22.8. The number of rotatable bonds is 12. The van der Waals surface area contributed by atoms with Crippen molar-refractivity contribution in [3.63, 3.8) is 0 Å². The average molecular weight is 674 g/mol. The molecule has 2 aliphatic heterocycles. The number of benzene rings is 1. The van der Waals surface area contributed by atoms with E-state index in [1.165, 1.54) is 33.3 Å². The van der Waals surface area contributed by atoms with Gasteiger partial charge in [0.2, 0.25) is 11.8 Å². The van der Waals surface area contributed by atoms with E-state index in [0.717, 1.165) is 68.0 Å². The van der Waals surface area contributed by atoms with Gasteiger partial charge in [0.15, 0.2) is 0 Å². The van der Waals surface area contributed by atoms with E-state index in [0.29, 0.717) is 30.1 Å². The van der Waals surface area contributed by atoms with Gasteiger partial charge in [-0.05, 0) is 127 Å². The highest BCUT2D eigenvalue weighted by atomic mass is 32.1. The van der Waals surface area contributed by atoms with Gasteiger partial charge in [-0.2, -0.15) is 0 Å². The fourth-order valence-electron chi connectivity index (χ4n) is 8.60. The van der Waals surface area contributed by atoms with E-state index in [1.54, 1.807) is 18.4 Å². The van der Waals surface area contributed by atoms with Crippen molar-refractivity contribution in [2.75, 3.05) is 33.2 Å². The molecule has 0 radical (unpaired) electrons. The second kappa shape index (κ2) is 14.1. The number of carbonyl (C=O) groups excluding carboxylic acids is 3. The summed E-state index contributed by atoms with van der Waals surface area (Å²) in [6, 6.07) is 8.89. The van der Waals surface area contributed by atoms with Gasteiger partial charge < -0.3 is 25.8 Å². The van der Waals surface area contributed by atoms with Crippen molar-refractivity contribution in [2.45, 2.75) is 97.6 Å². The minimum absolute atomic E-state index is 0.00213. The number of aryl methyl sites for hydroxylation is 2. The summed E-state index contributed by atoms with van der Waals surface area (Å²) in [5.74, 6) is 1.10. The lowest BCUT2D eigenvalue weighted by atomic mass is 9.76. The van der Waals surface area contributed by atoms with Gasteiger partial charge in [-0.25, -0.2) is 0 Å². The summed E-state index contributed by atoms with van der Waals surface area (Å²) in [6.07, 6.45) is 5.37. The maximum absolute atomic E-state index is 14.0. The monoisotopic (exact) mass is 673 g/mol. The van der Waals surface area contributed by atoms with Gasteiger partial charge in [0.05, 0.1) is 11.1 Å². The fourth-order valence-corrected chi connectivity index (χ4v) is 9.79. The largest absolute Gasteiger partial charge is 0.357 e. The summed E-state index contributed by atoms with van der Waals surface area (Å²) in [7, 11) is 1.62. The maximum atomic E-state index is 14.0. The lowest BCUT2D eigenvalue weighted by Crippen LogP contribution is -2.50. The molecule has 3 aromatic rings. The molecule has 3 fully saturated rings. The molecule has 2 aromatic heterocycles. The number of nitrogens with zero attached hydrogens (tertiary/aromatic N) is 1. The van der Waals surface area contributed by atoms with Crippen molar-refractivity contribution in [1.82, 2.24) is 25.8 Å². The molecule has 260 valence electrons. The van der Waals surface area contributed by atoms with Crippen molar-refractivity contribution in [3.05, 3.63) is 45.8 Å². The van der Waals surface area contributed by atoms with Crippen LogP contribution in [0.25, 0.3) is 21.5 Å². The van der Waals surface area contributed by atoms with Gasteiger partial charge in [-0.3, -0.25) is 14.4 Å². The Labute approximate surface area is 290 Å². The number of fused-ring (bicyclic) bond motifs is 3. The molecule has 2 amide bonds. The first kappa shape index (κ1) is 34.8. The van der Waals surface area contributed by atoms with Crippen molar-refractivity contribution in [2.24, 2.45) is 23.7 Å². The lowest BCUT2D eigenvalue weighted by Gasteiger charge is -2.32. The van der Waals surface area contributed by atoms with E-state index >= 15 is 0 Å². The molecule has 1 aromatic carbocycles. The first-order valence-electron chi connectivity index (χ1n) is 18.1. The third kappa shape index (κ3) is 7.01. The summed E-state index contributed by atoms with van der Waals surface area (Å²) in [5.41, 5.74) is 5.65. The summed E-state index contributed by atoms with van der Waals surface area (Å²) < 4.78 is 0. The highest BCUT2D eigenvalue weighted by Crippen LogP contribution is 2.45. The van der Waals surface area contributed by atoms with Crippen LogP contribution in [0.5, 0.6) is 0 Å². The summed E-state index contributed by atoms with van der Waals surface area (Å²) in [5, 5.41) is 10.6. The fraction of sp³-hybridized carbons (Fsp3) is 0.615. The quantitative estimate of drug-likeness (QED) is 0.192. The number of likely N-dealkylation sites (tertiary alicyclic amines) is 1. The van der Waals surface area contributed by atoms with E-state index < -0.39 is 11.5 Å². The maximum Gasteiger partial charge on any atom is 0.242 e. The molecule has 6 rings (SSSR count). The molecule has 1 aliphatic carbocycles. The predicted octanol–water partition coefficient (Wildman–Crippen LogP) is 5.89. The summed E-state index contributed by atoms with van der Waals surface area (Å²) >= 11 is 1.75. The Kier molecular flexibility index (Phi) is 10.2. The van der Waals surface area contributed by atoms with Crippen LogP contribution < -0.4 is 16.0 Å². The van der Waals surface area contributed by atoms with Crippen LogP contribution in [-0.2, 0) is 26.2 Å². The number of Topliss-reactive ketones (excluding diaryl/α,β-unsaturated/α-hetero) is 1. The van der Waals surface area contributed by atoms with Gasteiger partial charge >= 0.3 is 0 Å². The zero-order valence-corrected chi connectivity index (χ0v) is 30.7. The highest BCUT2D eigenvalue weighted by molar-refractivity contribution is 7.19. The molecule has 4 N–H and O–H groups in total. The first-order valence-corrected chi connectivity index (χ1v) is 18.9. The number of nitrogens with one attached hydrogen (secondary N) is 4. The molecule has 2 bridgehead atoms. The molecule has 3 aliphatic rings. The van der Waals surface area contributed by atoms with Crippen LogP contribution in [0.1, 0.15) is 81.4 Å².